The Labute approximate surface area is 111 Å². The fourth-order valence-electron chi connectivity index (χ4n) is 2.97. The van der Waals surface area contributed by atoms with Crippen molar-refractivity contribution in [3.63, 3.8) is 0 Å². The highest BCUT2D eigenvalue weighted by atomic mass is 16.5. The van der Waals surface area contributed by atoms with Crippen LogP contribution in [0.4, 0.5) is 0 Å². The molecular formula is C16H25NO. The monoisotopic (exact) mass is 247 g/mol. The van der Waals surface area contributed by atoms with Crippen LogP contribution < -0.4 is 4.74 Å². The van der Waals surface area contributed by atoms with Gasteiger partial charge in [-0.05, 0) is 42.9 Å². The molecule has 0 amide bonds. The van der Waals surface area contributed by atoms with Gasteiger partial charge in [0.25, 0.3) is 0 Å². The average Bonchev–Trinajstić information content (AvgIpc) is 2.27. The van der Waals surface area contributed by atoms with Crippen LogP contribution in [0.5, 0.6) is 5.75 Å². The van der Waals surface area contributed by atoms with E-state index in [1.165, 1.54) is 25.1 Å². The number of hydrogen-bond donors (Lipinski definition) is 0. The molecule has 1 aliphatic heterocycles. The molecule has 0 unspecified atom stereocenters. The van der Waals surface area contributed by atoms with Crippen LogP contribution in [-0.2, 0) is 0 Å². The first-order valence-electron chi connectivity index (χ1n) is 7.05. The topological polar surface area (TPSA) is 12.5 Å². The summed E-state index contributed by atoms with van der Waals surface area (Å²) in [6.45, 7) is 11.1. The van der Waals surface area contributed by atoms with Crippen LogP contribution in [0.2, 0.25) is 0 Å². The first kappa shape index (κ1) is 13.4. The lowest BCUT2D eigenvalue weighted by Crippen LogP contribution is -2.40. The Morgan fingerprint density at radius 2 is 1.94 bits per heavy atom. The molecule has 0 saturated carbocycles. The van der Waals surface area contributed by atoms with E-state index in [1.54, 1.807) is 0 Å². The van der Waals surface area contributed by atoms with E-state index in [0.29, 0.717) is 0 Å². The van der Waals surface area contributed by atoms with Gasteiger partial charge in [0.2, 0.25) is 0 Å². The lowest BCUT2D eigenvalue weighted by molar-refractivity contribution is 0.120. The van der Waals surface area contributed by atoms with Gasteiger partial charge in [-0.2, -0.15) is 0 Å². The van der Waals surface area contributed by atoms with Gasteiger partial charge < -0.3 is 4.74 Å². The highest BCUT2D eigenvalue weighted by Crippen LogP contribution is 2.20. The summed E-state index contributed by atoms with van der Waals surface area (Å²) < 4.78 is 5.82. The van der Waals surface area contributed by atoms with Gasteiger partial charge in [-0.3, -0.25) is 4.90 Å². The summed E-state index contributed by atoms with van der Waals surface area (Å²) in [4.78, 5) is 2.54. The Hall–Kier alpha value is -1.02. The highest BCUT2D eigenvalue weighted by molar-refractivity contribution is 5.27. The van der Waals surface area contributed by atoms with Crippen LogP contribution in [0, 0.1) is 18.8 Å². The molecule has 2 rings (SSSR count). The maximum Gasteiger partial charge on any atom is 0.119 e. The van der Waals surface area contributed by atoms with E-state index < -0.39 is 0 Å². The molecule has 0 spiro atoms. The Morgan fingerprint density at radius 1 is 1.22 bits per heavy atom. The molecule has 2 heteroatoms. The van der Waals surface area contributed by atoms with E-state index in [0.717, 1.165) is 30.7 Å². The van der Waals surface area contributed by atoms with Crippen molar-refractivity contribution < 1.29 is 4.74 Å². The van der Waals surface area contributed by atoms with Gasteiger partial charge >= 0.3 is 0 Å². The summed E-state index contributed by atoms with van der Waals surface area (Å²) in [5.74, 6) is 2.65. The molecule has 0 N–H and O–H groups in total. The second-order valence-corrected chi connectivity index (χ2v) is 5.87. The Balaban J connectivity index is 1.75. The summed E-state index contributed by atoms with van der Waals surface area (Å²) in [6, 6.07) is 8.28. The number of benzene rings is 1. The zero-order valence-electron chi connectivity index (χ0n) is 11.9. The van der Waals surface area contributed by atoms with E-state index in [4.69, 9.17) is 4.74 Å². The molecule has 18 heavy (non-hydrogen) atoms. The number of likely N-dealkylation sites (tertiary alicyclic amines) is 1. The third kappa shape index (κ3) is 4.02. The van der Waals surface area contributed by atoms with Crippen molar-refractivity contribution in [2.24, 2.45) is 11.8 Å². The third-order valence-electron chi connectivity index (χ3n) is 3.61. The number of aryl methyl sites for hydroxylation is 1. The Bertz CT molecular complexity index is 367. The maximum atomic E-state index is 5.82. The van der Waals surface area contributed by atoms with Crippen molar-refractivity contribution in [3.05, 3.63) is 29.8 Å². The molecule has 2 atom stereocenters. The molecule has 1 aliphatic rings. The summed E-state index contributed by atoms with van der Waals surface area (Å²) in [6.07, 6.45) is 1.37. The zero-order valence-corrected chi connectivity index (χ0v) is 11.9. The summed E-state index contributed by atoms with van der Waals surface area (Å²) in [5.41, 5.74) is 1.26. The first-order valence-corrected chi connectivity index (χ1v) is 7.05. The summed E-state index contributed by atoms with van der Waals surface area (Å²) in [5, 5.41) is 0. The largest absolute Gasteiger partial charge is 0.492 e. The second kappa shape index (κ2) is 6.24. The average molecular weight is 247 g/mol. The fraction of sp³-hybridized carbons (Fsp3) is 0.625. The number of hydrogen-bond acceptors (Lipinski definition) is 2. The van der Waals surface area contributed by atoms with Crippen LogP contribution in [0.3, 0.4) is 0 Å². The molecule has 0 radical (unpaired) electrons. The van der Waals surface area contributed by atoms with Gasteiger partial charge in [0.1, 0.15) is 12.4 Å². The van der Waals surface area contributed by atoms with E-state index >= 15 is 0 Å². The Morgan fingerprint density at radius 3 is 2.61 bits per heavy atom. The number of rotatable bonds is 4. The quantitative estimate of drug-likeness (QED) is 0.809. The van der Waals surface area contributed by atoms with E-state index in [9.17, 15) is 0 Å². The van der Waals surface area contributed by atoms with E-state index in [-0.39, 0.29) is 0 Å². The second-order valence-electron chi connectivity index (χ2n) is 5.87. The lowest BCUT2D eigenvalue weighted by atomic mass is 9.92. The Kier molecular flexibility index (Phi) is 4.65. The normalized spacial score (nSPS) is 25.1. The minimum Gasteiger partial charge on any atom is -0.492 e. The van der Waals surface area contributed by atoms with Crippen molar-refractivity contribution in [2.45, 2.75) is 27.2 Å². The number of nitrogens with zero attached hydrogens (tertiary/aromatic N) is 1. The molecule has 1 aromatic rings. The molecule has 0 bridgehead atoms. The van der Waals surface area contributed by atoms with E-state index in [2.05, 4.69) is 43.9 Å². The predicted octanol–water partition coefficient (Wildman–Crippen LogP) is 3.35. The van der Waals surface area contributed by atoms with Crippen molar-refractivity contribution in [2.75, 3.05) is 26.2 Å². The van der Waals surface area contributed by atoms with Crippen LogP contribution in [0.15, 0.2) is 24.3 Å². The lowest BCUT2D eigenvalue weighted by Gasteiger charge is -2.34. The van der Waals surface area contributed by atoms with Crippen LogP contribution in [0.25, 0.3) is 0 Å². The third-order valence-corrected chi connectivity index (χ3v) is 3.61. The maximum absolute atomic E-state index is 5.82. The predicted molar refractivity (Wildman–Crippen MR) is 76.1 cm³/mol. The molecule has 100 valence electrons. The van der Waals surface area contributed by atoms with Crippen molar-refractivity contribution in [1.29, 1.82) is 0 Å². The van der Waals surface area contributed by atoms with Crippen molar-refractivity contribution in [1.82, 2.24) is 4.90 Å². The van der Waals surface area contributed by atoms with Gasteiger partial charge in [-0.25, -0.2) is 0 Å². The number of ether oxygens (including phenoxy) is 1. The smallest absolute Gasteiger partial charge is 0.119 e. The van der Waals surface area contributed by atoms with Crippen LogP contribution >= 0.6 is 0 Å². The molecular weight excluding hydrogens is 222 g/mol. The molecule has 1 saturated heterocycles. The zero-order chi connectivity index (χ0) is 13.0. The summed E-state index contributed by atoms with van der Waals surface area (Å²) >= 11 is 0. The highest BCUT2D eigenvalue weighted by Gasteiger charge is 2.21. The van der Waals surface area contributed by atoms with Crippen molar-refractivity contribution >= 4 is 0 Å². The SMILES string of the molecule is Cc1cccc(OCCN2C[C@@H](C)C[C@H](C)C2)c1. The minimum atomic E-state index is 0.795. The van der Waals surface area contributed by atoms with Crippen LogP contribution in [0.1, 0.15) is 25.8 Å². The molecule has 0 aromatic heterocycles. The fourth-order valence-corrected chi connectivity index (χ4v) is 2.97. The molecule has 1 heterocycles. The standard InChI is InChI=1S/C16H25NO/c1-13-5-4-6-16(10-13)18-8-7-17-11-14(2)9-15(3)12-17/h4-6,10,14-15H,7-9,11-12H2,1-3H3/t14-,15-/m0/s1. The molecule has 2 nitrogen and oxygen atoms in total. The van der Waals surface area contributed by atoms with Gasteiger partial charge in [0.15, 0.2) is 0 Å². The number of piperidine rings is 1. The van der Waals surface area contributed by atoms with Gasteiger partial charge in [-0.1, -0.05) is 26.0 Å². The molecule has 1 aromatic carbocycles. The van der Waals surface area contributed by atoms with Gasteiger partial charge in [0, 0.05) is 19.6 Å². The van der Waals surface area contributed by atoms with Crippen molar-refractivity contribution in [3.8, 4) is 5.75 Å². The van der Waals surface area contributed by atoms with Gasteiger partial charge in [0.05, 0.1) is 0 Å². The van der Waals surface area contributed by atoms with Crippen LogP contribution in [-0.4, -0.2) is 31.1 Å². The minimum absolute atomic E-state index is 0.795. The molecule has 0 aliphatic carbocycles. The first-order chi connectivity index (χ1) is 8.63. The van der Waals surface area contributed by atoms with Gasteiger partial charge in [-0.15, -0.1) is 0 Å². The van der Waals surface area contributed by atoms with E-state index in [1.807, 2.05) is 6.07 Å². The summed E-state index contributed by atoms with van der Waals surface area (Å²) in [7, 11) is 0. The molecule has 1 fully saturated rings.